The van der Waals surface area contributed by atoms with Gasteiger partial charge in [0.15, 0.2) is 0 Å². The molecule has 0 saturated carbocycles. The second kappa shape index (κ2) is 6.33. The number of benzene rings is 1. The summed E-state index contributed by atoms with van der Waals surface area (Å²) in [7, 11) is 3.83. The topological polar surface area (TPSA) is 54.2 Å². The fourth-order valence-corrected chi connectivity index (χ4v) is 1.72. The summed E-state index contributed by atoms with van der Waals surface area (Å²) in [6, 6.07) is 11.0. The molecule has 0 fully saturated rings. The third kappa shape index (κ3) is 3.54. The number of hydrogen-bond acceptors (Lipinski definition) is 5. The minimum absolute atomic E-state index is 0.0729. The Labute approximate surface area is 113 Å². The Morgan fingerprint density at radius 3 is 2.68 bits per heavy atom. The fraction of sp³-hybridized carbons (Fsp3) is 0.429. The van der Waals surface area contributed by atoms with Gasteiger partial charge >= 0.3 is 6.01 Å². The monoisotopic (exact) mass is 260 g/mol. The highest BCUT2D eigenvalue weighted by Crippen LogP contribution is 2.16. The summed E-state index contributed by atoms with van der Waals surface area (Å²) in [4.78, 5) is 1.98. The van der Waals surface area contributed by atoms with Crippen molar-refractivity contribution in [2.75, 3.05) is 25.5 Å². The van der Waals surface area contributed by atoms with Crippen LogP contribution < -0.4 is 10.2 Å². The van der Waals surface area contributed by atoms with Crippen LogP contribution in [0.4, 0.5) is 6.01 Å². The number of aromatic nitrogens is 2. The predicted molar refractivity (Wildman–Crippen MR) is 75.2 cm³/mol. The molecule has 0 spiro atoms. The molecular formula is C14H20N4O. The van der Waals surface area contributed by atoms with E-state index in [1.807, 2.05) is 32.0 Å². The molecule has 2 aromatic rings. The summed E-state index contributed by atoms with van der Waals surface area (Å²) in [6.45, 7) is 2.83. The molecule has 0 saturated heterocycles. The van der Waals surface area contributed by atoms with E-state index in [2.05, 4.69) is 39.8 Å². The molecule has 19 heavy (non-hydrogen) atoms. The van der Waals surface area contributed by atoms with Gasteiger partial charge in [0, 0.05) is 13.6 Å². The Hall–Kier alpha value is -1.88. The second-order valence-corrected chi connectivity index (χ2v) is 4.59. The van der Waals surface area contributed by atoms with E-state index in [4.69, 9.17) is 4.42 Å². The van der Waals surface area contributed by atoms with Gasteiger partial charge in [0.1, 0.15) is 0 Å². The molecule has 5 heteroatoms. The van der Waals surface area contributed by atoms with E-state index in [-0.39, 0.29) is 6.04 Å². The molecule has 102 valence electrons. The second-order valence-electron chi connectivity index (χ2n) is 4.59. The van der Waals surface area contributed by atoms with Crippen molar-refractivity contribution in [1.82, 2.24) is 15.5 Å². The molecule has 5 nitrogen and oxygen atoms in total. The van der Waals surface area contributed by atoms with Gasteiger partial charge in [0.05, 0.1) is 6.04 Å². The standard InChI is InChI=1S/C14H20N4O/c1-11(15-2)13-16-17-14(19-13)18(3)10-9-12-7-5-4-6-8-12/h4-8,11,15H,9-10H2,1-3H3. The minimum atomic E-state index is 0.0729. The zero-order chi connectivity index (χ0) is 13.7. The fourth-order valence-electron chi connectivity index (χ4n) is 1.72. The maximum absolute atomic E-state index is 5.63. The SMILES string of the molecule is CNC(C)c1nnc(N(C)CCc2ccccc2)o1. The maximum atomic E-state index is 5.63. The van der Waals surface area contributed by atoms with Crippen molar-refractivity contribution in [3.05, 3.63) is 41.8 Å². The van der Waals surface area contributed by atoms with E-state index in [1.54, 1.807) is 0 Å². The van der Waals surface area contributed by atoms with Gasteiger partial charge in [0.25, 0.3) is 0 Å². The lowest BCUT2D eigenvalue weighted by Crippen LogP contribution is -2.20. The van der Waals surface area contributed by atoms with Crippen LogP contribution in [0, 0.1) is 0 Å². The summed E-state index contributed by atoms with van der Waals surface area (Å²) in [5, 5.41) is 11.2. The molecule has 0 aliphatic carbocycles. The van der Waals surface area contributed by atoms with Crippen molar-refractivity contribution < 1.29 is 4.42 Å². The molecule has 0 bridgehead atoms. The average molecular weight is 260 g/mol. The van der Waals surface area contributed by atoms with Gasteiger partial charge in [-0.2, -0.15) is 0 Å². The zero-order valence-corrected chi connectivity index (χ0v) is 11.6. The summed E-state index contributed by atoms with van der Waals surface area (Å²) >= 11 is 0. The van der Waals surface area contributed by atoms with Crippen molar-refractivity contribution in [3.63, 3.8) is 0 Å². The molecule has 1 heterocycles. The van der Waals surface area contributed by atoms with Crippen molar-refractivity contribution in [3.8, 4) is 0 Å². The Morgan fingerprint density at radius 1 is 1.26 bits per heavy atom. The van der Waals surface area contributed by atoms with Gasteiger partial charge in [-0.25, -0.2) is 0 Å². The van der Waals surface area contributed by atoms with Crippen LogP contribution in [-0.4, -0.2) is 30.8 Å². The molecule has 1 atom stereocenters. The molecular weight excluding hydrogens is 240 g/mol. The van der Waals surface area contributed by atoms with Crippen molar-refractivity contribution in [2.45, 2.75) is 19.4 Å². The molecule has 1 N–H and O–H groups in total. The summed E-state index contributed by atoms with van der Waals surface area (Å²) < 4.78 is 5.63. The first-order valence-electron chi connectivity index (χ1n) is 6.46. The van der Waals surface area contributed by atoms with Gasteiger partial charge in [-0.1, -0.05) is 35.4 Å². The number of likely N-dealkylation sites (N-methyl/N-ethyl adjacent to an activating group) is 1. The largest absolute Gasteiger partial charge is 0.406 e. The van der Waals surface area contributed by atoms with Gasteiger partial charge in [-0.05, 0) is 26.0 Å². The first-order valence-corrected chi connectivity index (χ1v) is 6.46. The summed E-state index contributed by atoms with van der Waals surface area (Å²) in [5.41, 5.74) is 1.30. The zero-order valence-electron chi connectivity index (χ0n) is 11.6. The van der Waals surface area contributed by atoms with Crippen LogP contribution in [0.15, 0.2) is 34.7 Å². The van der Waals surface area contributed by atoms with Crippen LogP contribution in [0.3, 0.4) is 0 Å². The Balaban J connectivity index is 1.93. The molecule has 2 rings (SSSR count). The number of anilines is 1. The minimum Gasteiger partial charge on any atom is -0.406 e. The van der Waals surface area contributed by atoms with E-state index in [0.29, 0.717) is 11.9 Å². The van der Waals surface area contributed by atoms with Crippen LogP contribution in [-0.2, 0) is 6.42 Å². The van der Waals surface area contributed by atoms with Gasteiger partial charge in [-0.3, -0.25) is 0 Å². The van der Waals surface area contributed by atoms with E-state index in [1.165, 1.54) is 5.56 Å². The molecule has 0 aliphatic rings. The lowest BCUT2D eigenvalue weighted by Gasteiger charge is -2.13. The Kier molecular flexibility index (Phi) is 4.52. The van der Waals surface area contributed by atoms with E-state index in [9.17, 15) is 0 Å². The number of hydrogen-bond donors (Lipinski definition) is 1. The van der Waals surface area contributed by atoms with Crippen LogP contribution >= 0.6 is 0 Å². The van der Waals surface area contributed by atoms with Gasteiger partial charge in [-0.15, -0.1) is 5.10 Å². The van der Waals surface area contributed by atoms with Crippen LogP contribution in [0.2, 0.25) is 0 Å². The summed E-state index contributed by atoms with van der Waals surface area (Å²) in [5.74, 6) is 0.615. The van der Waals surface area contributed by atoms with Crippen LogP contribution in [0.25, 0.3) is 0 Å². The van der Waals surface area contributed by atoms with E-state index in [0.717, 1.165) is 13.0 Å². The highest BCUT2D eigenvalue weighted by atomic mass is 16.4. The van der Waals surface area contributed by atoms with Crippen LogP contribution in [0.1, 0.15) is 24.4 Å². The molecule has 1 unspecified atom stereocenters. The Morgan fingerprint density at radius 2 is 2.00 bits per heavy atom. The van der Waals surface area contributed by atoms with Crippen molar-refractivity contribution >= 4 is 6.01 Å². The lowest BCUT2D eigenvalue weighted by atomic mass is 10.1. The van der Waals surface area contributed by atoms with E-state index >= 15 is 0 Å². The first-order chi connectivity index (χ1) is 9.20. The smallest absolute Gasteiger partial charge is 0.317 e. The number of nitrogens with zero attached hydrogens (tertiary/aromatic N) is 3. The quantitative estimate of drug-likeness (QED) is 0.861. The van der Waals surface area contributed by atoms with E-state index < -0.39 is 0 Å². The molecule has 0 aliphatic heterocycles. The predicted octanol–water partition coefficient (Wildman–Crippen LogP) is 2.03. The molecule has 1 aromatic heterocycles. The average Bonchev–Trinajstić information content (AvgIpc) is 2.95. The highest BCUT2D eigenvalue weighted by Gasteiger charge is 2.14. The molecule has 1 aromatic carbocycles. The third-order valence-electron chi connectivity index (χ3n) is 3.14. The number of rotatable bonds is 6. The maximum Gasteiger partial charge on any atom is 0.317 e. The highest BCUT2D eigenvalue weighted by molar-refractivity contribution is 5.24. The Bertz CT molecular complexity index is 497. The molecule has 0 amide bonds. The molecule has 0 radical (unpaired) electrons. The lowest BCUT2D eigenvalue weighted by molar-refractivity contribution is 0.433. The third-order valence-corrected chi connectivity index (χ3v) is 3.14. The van der Waals surface area contributed by atoms with Crippen LogP contribution in [0.5, 0.6) is 0 Å². The summed E-state index contributed by atoms with van der Waals surface area (Å²) in [6.07, 6.45) is 0.955. The first kappa shape index (κ1) is 13.5. The number of nitrogens with one attached hydrogen (secondary N) is 1. The van der Waals surface area contributed by atoms with Gasteiger partial charge in [0.2, 0.25) is 5.89 Å². The normalized spacial score (nSPS) is 12.4. The van der Waals surface area contributed by atoms with Crippen molar-refractivity contribution in [1.29, 1.82) is 0 Å². The van der Waals surface area contributed by atoms with Crippen molar-refractivity contribution in [2.24, 2.45) is 0 Å². The van der Waals surface area contributed by atoms with Gasteiger partial charge < -0.3 is 14.6 Å².